The van der Waals surface area contributed by atoms with Crippen molar-refractivity contribution in [1.82, 2.24) is 10.6 Å². The molecule has 1 amide bonds. The van der Waals surface area contributed by atoms with Crippen molar-refractivity contribution < 1.29 is 29.0 Å². The van der Waals surface area contributed by atoms with Crippen molar-refractivity contribution in [2.75, 3.05) is 19.5 Å². The number of carbonyl (C=O) groups excluding carboxylic acids is 2. The monoisotopic (exact) mass is 420 g/mol. The van der Waals surface area contributed by atoms with Gasteiger partial charge in [0.05, 0.1) is 6.42 Å². The molecule has 0 fully saturated rings. The predicted molar refractivity (Wildman–Crippen MR) is 98.2 cm³/mol. The third-order valence-electron chi connectivity index (χ3n) is 3.88. The lowest BCUT2D eigenvalue weighted by Crippen LogP contribution is -2.67. The van der Waals surface area contributed by atoms with Crippen LogP contribution in [0.15, 0.2) is 28.8 Å². The van der Waals surface area contributed by atoms with Crippen molar-refractivity contribution in [3.63, 3.8) is 0 Å². The minimum atomic E-state index is -2.01. The van der Waals surface area contributed by atoms with Crippen LogP contribution >= 0.6 is 35.5 Å². The Hall–Kier alpha value is -1.75. The average molecular weight is 421 g/mol. The van der Waals surface area contributed by atoms with E-state index in [1.807, 2.05) is 11.4 Å². The van der Waals surface area contributed by atoms with E-state index in [4.69, 9.17) is 9.47 Å². The third-order valence-corrected chi connectivity index (χ3v) is 6.06. The van der Waals surface area contributed by atoms with Crippen LogP contribution in [0.3, 0.4) is 0 Å². The number of hydrogen-bond acceptors (Lipinski definition) is 8. The molecule has 142 valence electrons. The minimum Gasteiger partial charge on any atom is -0.478 e. The van der Waals surface area contributed by atoms with E-state index < -0.39 is 28.9 Å². The Morgan fingerprint density at radius 1 is 1.54 bits per heavy atom. The van der Waals surface area contributed by atoms with Gasteiger partial charge in [-0.25, -0.2) is 9.59 Å². The normalized spacial score (nSPS) is 21.0. The summed E-state index contributed by atoms with van der Waals surface area (Å²) >= 11 is 2.64. The molecule has 3 N–H and O–H groups in total. The number of nitrogens with one attached hydrogen (secondary N) is 2. The van der Waals surface area contributed by atoms with Crippen LogP contribution < -0.4 is 10.6 Å². The summed E-state index contributed by atoms with van der Waals surface area (Å²) in [4.78, 5) is 36.8. The van der Waals surface area contributed by atoms with Gasteiger partial charge in [-0.3, -0.25) is 4.79 Å². The van der Waals surface area contributed by atoms with E-state index in [0.29, 0.717) is 5.75 Å². The second-order valence-electron chi connectivity index (χ2n) is 5.44. The van der Waals surface area contributed by atoms with Crippen LogP contribution in [0.5, 0.6) is 0 Å². The molecule has 2 atom stereocenters. The quantitative estimate of drug-likeness (QED) is 0.456. The summed E-state index contributed by atoms with van der Waals surface area (Å²) in [6, 6.07) is 3.60. The molecule has 1 aromatic rings. The molecule has 3 heterocycles. The number of carbonyl (C=O) groups is 3. The van der Waals surface area contributed by atoms with Gasteiger partial charge in [-0.2, -0.15) is 0 Å². The molecule has 0 saturated carbocycles. The summed E-state index contributed by atoms with van der Waals surface area (Å²) in [7, 11) is 1.21. The zero-order valence-electron chi connectivity index (χ0n) is 13.6. The molecule has 26 heavy (non-hydrogen) atoms. The number of ether oxygens (including phenoxy) is 2. The fourth-order valence-corrected chi connectivity index (χ4v) is 4.58. The SMILES string of the molecule is CO[C@@](NC(=O)Cc1cccs1)(C(=O)O)[C@@H]1NC2=C(COC2=O)CS1.Cl. The lowest BCUT2D eigenvalue weighted by molar-refractivity contribution is -0.171. The van der Waals surface area contributed by atoms with E-state index in [-0.39, 0.29) is 31.1 Å². The molecule has 8 nitrogen and oxygen atoms in total. The lowest BCUT2D eigenvalue weighted by atomic mass is 10.1. The average Bonchev–Trinajstić information content (AvgIpc) is 3.22. The van der Waals surface area contributed by atoms with Crippen molar-refractivity contribution in [1.29, 1.82) is 0 Å². The summed E-state index contributed by atoms with van der Waals surface area (Å²) in [6.45, 7) is 0.193. The zero-order chi connectivity index (χ0) is 18.0. The highest BCUT2D eigenvalue weighted by Gasteiger charge is 2.51. The van der Waals surface area contributed by atoms with Crippen LogP contribution in [0.25, 0.3) is 0 Å². The summed E-state index contributed by atoms with van der Waals surface area (Å²) in [6.07, 6.45) is 0.0451. The minimum absolute atomic E-state index is 0. The lowest BCUT2D eigenvalue weighted by Gasteiger charge is -2.38. The molecule has 1 aromatic heterocycles. The second kappa shape index (κ2) is 8.30. The molecule has 0 bridgehead atoms. The van der Waals surface area contributed by atoms with Gasteiger partial charge in [0, 0.05) is 23.3 Å². The molecule has 0 spiro atoms. The van der Waals surface area contributed by atoms with E-state index in [1.54, 1.807) is 6.07 Å². The summed E-state index contributed by atoms with van der Waals surface area (Å²) in [5, 5.41) is 16.0. The number of thioether (sulfide) groups is 1. The molecule has 2 aliphatic rings. The van der Waals surface area contributed by atoms with Gasteiger partial charge in [-0.15, -0.1) is 35.5 Å². The molecule has 11 heteroatoms. The number of aliphatic carboxylic acids is 1. The predicted octanol–water partition coefficient (Wildman–Crippen LogP) is 0.729. The van der Waals surface area contributed by atoms with Crippen LogP contribution in [-0.4, -0.2) is 53.5 Å². The Labute approximate surface area is 163 Å². The number of thiophene rings is 1. The van der Waals surface area contributed by atoms with Crippen LogP contribution in [0.4, 0.5) is 0 Å². The topological polar surface area (TPSA) is 114 Å². The highest BCUT2D eigenvalue weighted by molar-refractivity contribution is 8.00. The van der Waals surface area contributed by atoms with Crippen molar-refractivity contribution in [3.05, 3.63) is 33.7 Å². The van der Waals surface area contributed by atoms with E-state index in [2.05, 4.69) is 10.6 Å². The second-order valence-corrected chi connectivity index (χ2v) is 7.56. The van der Waals surface area contributed by atoms with Gasteiger partial charge in [-0.1, -0.05) is 6.07 Å². The number of methoxy groups -OCH3 is 1. The molecule has 0 saturated heterocycles. The highest BCUT2D eigenvalue weighted by atomic mass is 35.5. The number of amides is 1. The zero-order valence-corrected chi connectivity index (χ0v) is 16.1. The first-order valence-electron chi connectivity index (χ1n) is 7.35. The fourth-order valence-electron chi connectivity index (χ4n) is 2.59. The van der Waals surface area contributed by atoms with Crippen LogP contribution in [-0.2, 0) is 30.3 Å². The Bertz CT molecular complexity index is 739. The smallest absolute Gasteiger partial charge is 0.360 e. The van der Waals surface area contributed by atoms with Gasteiger partial charge >= 0.3 is 11.9 Å². The van der Waals surface area contributed by atoms with Crippen molar-refractivity contribution in [2.24, 2.45) is 0 Å². The first-order valence-corrected chi connectivity index (χ1v) is 9.28. The first-order chi connectivity index (χ1) is 12.0. The van der Waals surface area contributed by atoms with Gasteiger partial charge in [0.2, 0.25) is 5.91 Å². The standard InChI is InChI=1S/C15H16N2O6S2.ClH/c1-22-15(14(20)21,17-10(18)5-9-3-2-4-24-9)13-16-11-8(7-25-13)6-23-12(11)19;/h2-4,13,16H,5-7H2,1H3,(H,17,18)(H,20,21);1H/t13-,15-;/m1./s1. The summed E-state index contributed by atoms with van der Waals surface area (Å²) < 4.78 is 10.2. The largest absolute Gasteiger partial charge is 0.478 e. The van der Waals surface area contributed by atoms with Crippen molar-refractivity contribution in [3.8, 4) is 0 Å². The molecule has 0 aromatic carbocycles. The van der Waals surface area contributed by atoms with Crippen molar-refractivity contribution in [2.45, 2.75) is 17.5 Å². The maximum absolute atomic E-state index is 12.3. The Balaban J connectivity index is 0.00000243. The van der Waals surface area contributed by atoms with Crippen molar-refractivity contribution >= 4 is 53.4 Å². The van der Waals surface area contributed by atoms with Gasteiger partial charge in [0.25, 0.3) is 5.72 Å². The van der Waals surface area contributed by atoms with Crippen LogP contribution in [0.1, 0.15) is 4.88 Å². The number of esters is 1. The Kier molecular flexibility index (Phi) is 6.56. The van der Waals surface area contributed by atoms with Gasteiger partial charge in [0.15, 0.2) is 0 Å². The first kappa shape index (κ1) is 20.6. The summed E-state index contributed by atoms with van der Waals surface area (Å²) in [5.74, 6) is -1.95. The van der Waals surface area contributed by atoms with Gasteiger partial charge in [-0.05, 0) is 11.4 Å². The fraction of sp³-hybridized carbons (Fsp3) is 0.400. The number of rotatable bonds is 6. The molecular weight excluding hydrogens is 404 g/mol. The molecule has 0 aliphatic carbocycles. The third kappa shape index (κ3) is 3.83. The highest BCUT2D eigenvalue weighted by Crippen LogP contribution is 2.33. The maximum Gasteiger partial charge on any atom is 0.360 e. The molecule has 0 radical (unpaired) electrons. The Morgan fingerprint density at radius 3 is 2.92 bits per heavy atom. The number of cyclic esters (lactones) is 1. The Morgan fingerprint density at radius 2 is 2.31 bits per heavy atom. The molecule has 0 unspecified atom stereocenters. The van der Waals surface area contributed by atoms with E-state index in [9.17, 15) is 19.5 Å². The van der Waals surface area contributed by atoms with Crippen LogP contribution in [0.2, 0.25) is 0 Å². The molecular formula is C15H17ClN2O6S2. The molecule has 3 rings (SSSR count). The number of halogens is 1. The number of carboxylic acid groups (broad SMARTS) is 1. The number of hydrogen-bond donors (Lipinski definition) is 3. The maximum atomic E-state index is 12.3. The number of carboxylic acids is 1. The van der Waals surface area contributed by atoms with E-state index in [1.165, 1.54) is 30.2 Å². The molecule has 2 aliphatic heterocycles. The van der Waals surface area contributed by atoms with E-state index >= 15 is 0 Å². The van der Waals surface area contributed by atoms with E-state index in [0.717, 1.165) is 10.5 Å². The summed E-state index contributed by atoms with van der Waals surface area (Å²) in [5.41, 5.74) is -0.995. The van der Waals surface area contributed by atoms with Gasteiger partial charge < -0.3 is 25.2 Å². The van der Waals surface area contributed by atoms with Crippen LogP contribution in [0, 0.1) is 0 Å². The van der Waals surface area contributed by atoms with Gasteiger partial charge in [0.1, 0.15) is 17.7 Å².